The molecule has 0 aliphatic heterocycles. The molecule has 22 heavy (non-hydrogen) atoms. The Morgan fingerprint density at radius 1 is 1.23 bits per heavy atom. The van der Waals surface area contributed by atoms with Gasteiger partial charge in [0.05, 0.1) is 15.1 Å². The third kappa shape index (κ3) is 4.03. The third-order valence-electron chi connectivity index (χ3n) is 3.49. The maximum absolute atomic E-state index is 12.2. The minimum absolute atomic E-state index is 0.268. The van der Waals surface area contributed by atoms with Crippen molar-refractivity contribution in [3.63, 3.8) is 0 Å². The van der Waals surface area contributed by atoms with Gasteiger partial charge in [0.1, 0.15) is 5.75 Å². The van der Waals surface area contributed by atoms with E-state index in [0.29, 0.717) is 16.7 Å². The predicted octanol–water partition coefficient (Wildman–Crippen LogP) is 6.49. The molecule has 2 rings (SSSR count). The molecule has 0 heterocycles. The Labute approximate surface area is 148 Å². The predicted molar refractivity (Wildman–Crippen MR) is 94.3 cm³/mol. The molecule has 116 valence electrons. The van der Waals surface area contributed by atoms with Gasteiger partial charge in [-0.15, -0.1) is 0 Å². The number of benzene rings is 2. The van der Waals surface area contributed by atoms with E-state index >= 15 is 0 Å². The summed E-state index contributed by atoms with van der Waals surface area (Å²) in [6.45, 7) is 4.29. The fourth-order valence-electron chi connectivity index (χ4n) is 1.95. The normalized spacial score (nSPS) is 12.0. The monoisotopic (exact) mass is 400 g/mol. The second-order valence-corrected chi connectivity index (χ2v) is 6.71. The van der Waals surface area contributed by atoms with Crippen LogP contribution in [0.15, 0.2) is 40.9 Å². The molecule has 0 aliphatic rings. The molecule has 1 atom stereocenters. The SMILES string of the molecule is CCC(C)c1ccc(OC(=O)c2ccc(Cl)cc2Cl)c(Br)c1. The third-order valence-corrected chi connectivity index (χ3v) is 4.66. The molecule has 5 heteroatoms. The van der Waals surface area contributed by atoms with Crippen LogP contribution < -0.4 is 4.74 Å². The van der Waals surface area contributed by atoms with E-state index in [9.17, 15) is 4.79 Å². The van der Waals surface area contributed by atoms with Crippen LogP contribution in [-0.2, 0) is 0 Å². The van der Waals surface area contributed by atoms with Crippen molar-refractivity contribution in [3.8, 4) is 5.75 Å². The Kier molecular flexibility index (Phi) is 5.90. The van der Waals surface area contributed by atoms with Gasteiger partial charge in [0.2, 0.25) is 0 Å². The van der Waals surface area contributed by atoms with Gasteiger partial charge in [-0.1, -0.05) is 43.1 Å². The zero-order valence-electron chi connectivity index (χ0n) is 12.2. The molecule has 2 aromatic rings. The van der Waals surface area contributed by atoms with Gasteiger partial charge >= 0.3 is 5.97 Å². The number of ether oxygens (including phenoxy) is 1. The molecule has 0 saturated carbocycles. The van der Waals surface area contributed by atoms with Crippen LogP contribution >= 0.6 is 39.1 Å². The average molecular weight is 402 g/mol. The van der Waals surface area contributed by atoms with Crippen LogP contribution in [0.4, 0.5) is 0 Å². The summed E-state index contributed by atoms with van der Waals surface area (Å²) in [5.74, 6) is 0.397. The van der Waals surface area contributed by atoms with E-state index in [0.717, 1.165) is 10.9 Å². The van der Waals surface area contributed by atoms with E-state index < -0.39 is 5.97 Å². The summed E-state index contributed by atoms with van der Waals surface area (Å²) in [6.07, 6.45) is 1.05. The largest absolute Gasteiger partial charge is 0.422 e. The molecule has 0 bridgehead atoms. The molecule has 0 spiro atoms. The molecule has 0 amide bonds. The molecule has 0 fully saturated rings. The molecule has 0 saturated heterocycles. The lowest BCUT2D eigenvalue weighted by Gasteiger charge is -2.12. The van der Waals surface area contributed by atoms with Crippen LogP contribution in [0.2, 0.25) is 10.0 Å². The number of esters is 1. The van der Waals surface area contributed by atoms with E-state index in [1.54, 1.807) is 18.2 Å². The summed E-state index contributed by atoms with van der Waals surface area (Å²) in [7, 11) is 0. The number of carbonyl (C=O) groups excluding carboxylic acids is 1. The Hall–Kier alpha value is -1.03. The number of hydrogen-bond donors (Lipinski definition) is 0. The van der Waals surface area contributed by atoms with Crippen molar-refractivity contribution in [2.45, 2.75) is 26.2 Å². The zero-order chi connectivity index (χ0) is 16.3. The second-order valence-electron chi connectivity index (χ2n) is 5.01. The maximum Gasteiger partial charge on any atom is 0.345 e. The van der Waals surface area contributed by atoms with E-state index in [1.807, 2.05) is 12.1 Å². The minimum atomic E-state index is -0.515. The van der Waals surface area contributed by atoms with Crippen molar-refractivity contribution >= 4 is 45.1 Å². The number of halogens is 3. The summed E-state index contributed by atoms with van der Waals surface area (Å²) in [5, 5.41) is 0.741. The smallest absolute Gasteiger partial charge is 0.345 e. The van der Waals surface area contributed by atoms with Crippen LogP contribution in [0.1, 0.15) is 42.1 Å². The Morgan fingerprint density at radius 2 is 1.95 bits per heavy atom. The lowest BCUT2D eigenvalue weighted by atomic mass is 9.99. The van der Waals surface area contributed by atoms with Crippen LogP contribution in [0.25, 0.3) is 0 Å². The van der Waals surface area contributed by atoms with Crippen LogP contribution in [0.5, 0.6) is 5.75 Å². The highest BCUT2D eigenvalue weighted by atomic mass is 79.9. The Morgan fingerprint density at radius 3 is 2.55 bits per heavy atom. The van der Waals surface area contributed by atoms with Gasteiger partial charge in [-0.25, -0.2) is 4.79 Å². The van der Waals surface area contributed by atoms with Crippen molar-refractivity contribution in [1.29, 1.82) is 0 Å². The highest BCUT2D eigenvalue weighted by molar-refractivity contribution is 9.10. The van der Waals surface area contributed by atoms with Crippen molar-refractivity contribution in [3.05, 3.63) is 62.0 Å². The number of hydrogen-bond acceptors (Lipinski definition) is 2. The van der Waals surface area contributed by atoms with Gasteiger partial charge in [-0.05, 0) is 64.2 Å². The zero-order valence-corrected chi connectivity index (χ0v) is 15.3. The summed E-state index contributed by atoms with van der Waals surface area (Å²) < 4.78 is 6.15. The van der Waals surface area contributed by atoms with E-state index in [1.165, 1.54) is 11.6 Å². The number of carbonyl (C=O) groups is 1. The average Bonchev–Trinajstić information content (AvgIpc) is 2.48. The maximum atomic E-state index is 12.2. The Bertz CT molecular complexity index is 701. The van der Waals surface area contributed by atoms with Gasteiger partial charge in [0.25, 0.3) is 0 Å². The molecule has 0 aliphatic carbocycles. The Balaban J connectivity index is 2.21. The highest BCUT2D eigenvalue weighted by Gasteiger charge is 2.15. The van der Waals surface area contributed by atoms with Crippen LogP contribution in [0.3, 0.4) is 0 Å². The number of rotatable bonds is 4. The fourth-order valence-corrected chi connectivity index (χ4v) is 2.92. The second kappa shape index (κ2) is 7.49. The fraction of sp³-hybridized carbons (Fsp3) is 0.235. The van der Waals surface area contributed by atoms with Gasteiger partial charge in [-0.3, -0.25) is 0 Å². The molecular formula is C17H15BrCl2O2. The van der Waals surface area contributed by atoms with Crippen molar-refractivity contribution in [2.24, 2.45) is 0 Å². The van der Waals surface area contributed by atoms with Crippen LogP contribution in [0, 0.1) is 0 Å². The first-order valence-corrected chi connectivity index (χ1v) is 8.44. The summed E-state index contributed by atoms with van der Waals surface area (Å²) in [5.41, 5.74) is 1.47. The highest BCUT2D eigenvalue weighted by Crippen LogP contribution is 2.31. The first kappa shape index (κ1) is 17.3. The summed E-state index contributed by atoms with van der Waals surface area (Å²) >= 11 is 15.3. The quantitative estimate of drug-likeness (QED) is 0.432. The first-order valence-electron chi connectivity index (χ1n) is 6.89. The molecule has 2 aromatic carbocycles. The lowest BCUT2D eigenvalue weighted by Crippen LogP contribution is -2.09. The van der Waals surface area contributed by atoms with Crippen molar-refractivity contribution < 1.29 is 9.53 Å². The lowest BCUT2D eigenvalue weighted by molar-refractivity contribution is 0.0733. The molecule has 0 N–H and O–H groups in total. The van der Waals surface area contributed by atoms with Crippen LogP contribution in [-0.4, -0.2) is 5.97 Å². The first-order chi connectivity index (χ1) is 10.4. The van der Waals surface area contributed by atoms with Crippen molar-refractivity contribution in [2.75, 3.05) is 0 Å². The molecule has 1 unspecified atom stereocenters. The summed E-state index contributed by atoms with van der Waals surface area (Å²) in [4.78, 5) is 12.2. The molecule has 2 nitrogen and oxygen atoms in total. The minimum Gasteiger partial charge on any atom is -0.422 e. The molecule has 0 radical (unpaired) electrons. The van der Waals surface area contributed by atoms with E-state index in [4.69, 9.17) is 27.9 Å². The van der Waals surface area contributed by atoms with Gasteiger partial charge < -0.3 is 4.74 Å². The topological polar surface area (TPSA) is 26.3 Å². The van der Waals surface area contributed by atoms with Gasteiger partial charge in [0.15, 0.2) is 0 Å². The molecule has 0 aromatic heterocycles. The van der Waals surface area contributed by atoms with Crippen molar-refractivity contribution in [1.82, 2.24) is 0 Å². The van der Waals surface area contributed by atoms with E-state index in [-0.39, 0.29) is 10.6 Å². The summed E-state index contributed by atoms with van der Waals surface area (Å²) in [6, 6.07) is 10.4. The van der Waals surface area contributed by atoms with Gasteiger partial charge in [-0.2, -0.15) is 0 Å². The van der Waals surface area contributed by atoms with E-state index in [2.05, 4.69) is 29.8 Å². The molecular weight excluding hydrogens is 387 g/mol. The van der Waals surface area contributed by atoms with Gasteiger partial charge in [0, 0.05) is 5.02 Å². The standard InChI is InChI=1S/C17H15BrCl2O2/c1-3-10(2)11-4-7-16(14(18)8-11)22-17(21)13-6-5-12(19)9-15(13)20/h4-10H,3H2,1-2H3.